The average Bonchev–Trinajstić information content (AvgIpc) is 3.22. The molecule has 6 nitrogen and oxygen atoms in total. The van der Waals surface area contributed by atoms with Crippen LogP contribution in [0.25, 0.3) is 11.4 Å². The standard InChI is InChI=1S/C22H24BrN3O3/c1-3-15(2)20(24-19(27)14-28-13-16-7-5-4-6-8-16)22-25-21(26-29-22)17-9-11-18(23)12-10-17/h4-12,15,20H,3,13-14H2,1-2H3,(H,24,27). The lowest BCUT2D eigenvalue weighted by molar-refractivity contribution is -0.127. The first kappa shape index (κ1) is 21.2. The van der Waals surface area contributed by atoms with Gasteiger partial charge in [0.05, 0.1) is 6.61 Å². The predicted molar refractivity (Wildman–Crippen MR) is 114 cm³/mol. The third kappa shape index (κ3) is 5.98. The van der Waals surface area contributed by atoms with E-state index in [0.29, 0.717) is 18.3 Å². The van der Waals surface area contributed by atoms with Gasteiger partial charge >= 0.3 is 0 Å². The highest BCUT2D eigenvalue weighted by molar-refractivity contribution is 9.10. The molecule has 29 heavy (non-hydrogen) atoms. The molecule has 0 bridgehead atoms. The van der Waals surface area contributed by atoms with Gasteiger partial charge in [0, 0.05) is 10.0 Å². The molecule has 1 amide bonds. The maximum Gasteiger partial charge on any atom is 0.249 e. The van der Waals surface area contributed by atoms with Crippen LogP contribution in [-0.4, -0.2) is 22.7 Å². The number of hydrogen-bond acceptors (Lipinski definition) is 5. The van der Waals surface area contributed by atoms with Crippen molar-refractivity contribution in [1.29, 1.82) is 0 Å². The number of nitrogens with one attached hydrogen (secondary N) is 1. The van der Waals surface area contributed by atoms with Crippen molar-refractivity contribution in [2.45, 2.75) is 32.9 Å². The number of carbonyl (C=O) groups excluding carboxylic acids is 1. The van der Waals surface area contributed by atoms with Gasteiger partial charge in [0.1, 0.15) is 12.6 Å². The molecule has 0 aliphatic carbocycles. The first-order chi connectivity index (χ1) is 14.1. The van der Waals surface area contributed by atoms with Gasteiger partial charge in [-0.25, -0.2) is 0 Å². The fourth-order valence-corrected chi connectivity index (χ4v) is 3.08. The van der Waals surface area contributed by atoms with Crippen LogP contribution in [0.2, 0.25) is 0 Å². The van der Waals surface area contributed by atoms with Crippen molar-refractivity contribution in [2.75, 3.05) is 6.61 Å². The number of benzene rings is 2. The lowest BCUT2D eigenvalue weighted by Crippen LogP contribution is -2.35. The molecule has 0 saturated heterocycles. The molecule has 0 aliphatic heterocycles. The summed E-state index contributed by atoms with van der Waals surface area (Å²) < 4.78 is 12.0. The summed E-state index contributed by atoms with van der Waals surface area (Å²) in [6.45, 7) is 4.45. The highest BCUT2D eigenvalue weighted by atomic mass is 79.9. The van der Waals surface area contributed by atoms with Gasteiger partial charge in [-0.1, -0.05) is 71.7 Å². The summed E-state index contributed by atoms with van der Waals surface area (Å²) in [5, 5.41) is 7.06. The normalized spacial score (nSPS) is 13.1. The van der Waals surface area contributed by atoms with Gasteiger partial charge in [-0.2, -0.15) is 4.98 Å². The molecule has 7 heteroatoms. The van der Waals surface area contributed by atoms with E-state index in [1.807, 2.05) is 61.5 Å². The molecule has 1 heterocycles. The Labute approximate surface area is 178 Å². The Bertz CT molecular complexity index is 913. The minimum atomic E-state index is -0.371. The van der Waals surface area contributed by atoms with Crippen LogP contribution in [0.5, 0.6) is 0 Å². The van der Waals surface area contributed by atoms with E-state index in [1.165, 1.54) is 0 Å². The van der Waals surface area contributed by atoms with E-state index in [0.717, 1.165) is 22.0 Å². The molecule has 1 N–H and O–H groups in total. The van der Waals surface area contributed by atoms with E-state index in [-0.39, 0.29) is 24.5 Å². The zero-order valence-corrected chi connectivity index (χ0v) is 18.1. The third-order valence-electron chi connectivity index (χ3n) is 4.68. The number of carbonyl (C=O) groups is 1. The first-order valence-electron chi connectivity index (χ1n) is 9.57. The van der Waals surface area contributed by atoms with Crippen LogP contribution < -0.4 is 5.32 Å². The molecule has 0 saturated carbocycles. The summed E-state index contributed by atoms with van der Waals surface area (Å²) in [5.74, 6) is 0.810. The van der Waals surface area contributed by atoms with Crippen LogP contribution in [0.4, 0.5) is 0 Å². The van der Waals surface area contributed by atoms with Crippen LogP contribution in [-0.2, 0) is 16.1 Å². The number of nitrogens with zero attached hydrogens (tertiary/aromatic N) is 2. The van der Waals surface area contributed by atoms with Gasteiger partial charge in [0.25, 0.3) is 0 Å². The van der Waals surface area contributed by atoms with Gasteiger partial charge < -0.3 is 14.6 Å². The number of ether oxygens (including phenoxy) is 1. The summed E-state index contributed by atoms with van der Waals surface area (Å²) >= 11 is 3.41. The van der Waals surface area contributed by atoms with Gasteiger partial charge in [-0.05, 0) is 35.7 Å². The van der Waals surface area contributed by atoms with Crippen molar-refractivity contribution in [3.8, 4) is 11.4 Å². The second-order valence-electron chi connectivity index (χ2n) is 6.87. The molecular formula is C22H24BrN3O3. The lowest BCUT2D eigenvalue weighted by atomic mass is 9.99. The highest BCUT2D eigenvalue weighted by Crippen LogP contribution is 2.26. The molecule has 2 unspecified atom stereocenters. The summed E-state index contributed by atoms with van der Waals surface area (Å²) in [6.07, 6.45) is 0.853. The minimum Gasteiger partial charge on any atom is -0.367 e. The number of halogens is 1. The van der Waals surface area contributed by atoms with E-state index >= 15 is 0 Å². The number of rotatable bonds is 9. The SMILES string of the molecule is CCC(C)C(NC(=O)COCc1ccccc1)c1nc(-c2ccc(Br)cc2)no1. The molecule has 0 fully saturated rings. The van der Waals surface area contributed by atoms with Crippen LogP contribution >= 0.6 is 15.9 Å². The van der Waals surface area contributed by atoms with Crippen LogP contribution in [0.1, 0.15) is 37.8 Å². The Morgan fingerprint density at radius 3 is 2.59 bits per heavy atom. The van der Waals surface area contributed by atoms with E-state index < -0.39 is 0 Å². The second-order valence-corrected chi connectivity index (χ2v) is 7.79. The molecule has 0 aliphatic rings. The van der Waals surface area contributed by atoms with Gasteiger partial charge in [0.2, 0.25) is 17.6 Å². The van der Waals surface area contributed by atoms with Gasteiger partial charge in [0.15, 0.2) is 0 Å². The maximum atomic E-state index is 12.4. The van der Waals surface area contributed by atoms with E-state index in [4.69, 9.17) is 9.26 Å². The maximum absolute atomic E-state index is 12.4. The monoisotopic (exact) mass is 457 g/mol. The van der Waals surface area contributed by atoms with Gasteiger partial charge in [-0.15, -0.1) is 0 Å². The Hall–Kier alpha value is -2.51. The lowest BCUT2D eigenvalue weighted by Gasteiger charge is -2.20. The molecule has 3 rings (SSSR count). The minimum absolute atomic E-state index is 0.0322. The van der Waals surface area contributed by atoms with Crippen molar-refractivity contribution in [2.24, 2.45) is 5.92 Å². The fourth-order valence-electron chi connectivity index (χ4n) is 2.81. The van der Waals surface area contributed by atoms with Crippen molar-refractivity contribution in [3.63, 3.8) is 0 Å². The summed E-state index contributed by atoms with van der Waals surface area (Å²) in [5.41, 5.74) is 1.87. The number of aromatic nitrogens is 2. The van der Waals surface area contributed by atoms with Crippen molar-refractivity contribution in [3.05, 3.63) is 70.5 Å². The summed E-state index contributed by atoms with van der Waals surface area (Å²) in [7, 11) is 0. The second kappa shape index (κ2) is 10.3. The van der Waals surface area contributed by atoms with E-state index in [1.54, 1.807) is 0 Å². The number of amides is 1. The summed E-state index contributed by atoms with van der Waals surface area (Å²) in [6, 6.07) is 17.0. The Balaban J connectivity index is 1.63. The quantitative estimate of drug-likeness (QED) is 0.493. The highest BCUT2D eigenvalue weighted by Gasteiger charge is 2.26. The van der Waals surface area contributed by atoms with Crippen LogP contribution in [0, 0.1) is 5.92 Å². The third-order valence-corrected chi connectivity index (χ3v) is 5.21. The molecular weight excluding hydrogens is 434 g/mol. The molecule has 1 aromatic heterocycles. The van der Waals surface area contributed by atoms with Crippen molar-refractivity contribution in [1.82, 2.24) is 15.5 Å². The van der Waals surface area contributed by atoms with Crippen LogP contribution in [0.3, 0.4) is 0 Å². The molecule has 0 radical (unpaired) electrons. The number of hydrogen-bond donors (Lipinski definition) is 1. The zero-order valence-electron chi connectivity index (χ0n) is 16.5. The first-order valence-corrected chi connectivity index (χ1v) is 10.4. The Kier molecular flexibility index (Phi) is 7.55. The van der Waals surface area contributed by atoms with E-state index in [2.05, 4.69) is 38.3 Å². The molecule has 2 atom stereocenters. The van der Waals surface area contributed by atoms with Crippen molar-refractivity contribution < 1.29 is 14.1 Å². The molecule has 152 valence electrons. The molecule has 3 aromatic rings. The Morgan fingerprint density at radius 2 is 1.90 bits per heavy atom. The summed E-state index contributed by atoms with van der Waals surface area (Å²) in [4.78, 5) is 16.9. The molecule has 0 spiro atoms. The molecule has 2 aromatic carbocycles. The smallest absolute Gasteiger partial charge is 0.249 e. The van der Waals surface area contributed by atoms with Crippen molar-refractivity contribution >= 4 is 21.8 Å². The topological polar surface area (TPSA) is 77.2 Å². The van der Waals surface area contributed by atoms with Crippen LogP contribution in [0.15, 0.2) is 63.6 Å². The fraction of sp³-hybridized carbons (Fsp3) is 0.318. The Morgan fingerprint density at radius 1 is 1.17 bits per heavy atom. The van der Waals surface area contributed by atoms with Gasteiger partial charge in [-0.3, -0.25) is 4.79 Å². The van der Waals surface area contributed by atoms with E-state index in [9.17, 15) is 4.79 Å². The zero-order chi connectivity index (χ0) is 20.6. The predicted octanol–water partition coefficient (Wildman–Crippen LogP) is 4.92. The largest absolute Gasteiger partial charge is 0.367 e. The average molecular weight is 458 g/mol.